The lowest BCUT2D eigenvalue weighted by Gasteiger charge is -2.35. The normalized spacial score (nSPS) is 14.4. The fraction of sp³-hybridized carbons (Fsp3) is 0.429. The molecule has 2 heterocycles. The summed E-state index contributed by atoms with van der Waals surface area (Å²) in [5, 5.41) is 0. The number of carbonyl (C=O) groups is 2. The Bertz CT molecular complexity index is 877. The second kappa shape index (κ2) is 7.47. The Morgan fingerprint density at radius 3 is 2.00 bits per heavy atom. The van der Waals surface area contributed by atoms with E-state index >= 15 is 0 Å². The highest BCUT2D eigenvalue weighted by atomic mass is 16.5. The Hall–Kier alpha value is -2.76. The summed E-state index contributed by atoms with van der Waals surface area (Å²) in [5.74, 6) is 0.818. The fourth-order valence-electron chi connectivity index (χ4n) is 3.55. The number of piperazine rings is 1. The second-order valence-electron chi connectivity index (χ2n) is 7.11. The van der Waals surface area contributed by atoms with Gasteiger partial charge >= 0.3 is 0 Å². The molecule has 0 aliphatic carbocycles. The van der Waals surface area contributed by atoms with Crippen LogP contribution in [-0.2, 0) is 7.05 Å². The molecule has 0 N–H and O–H groups in total. The summed E-state index contributed by atoms with van der Waals surface area (Å²) >= 11 is 0. The number of aryl methyl sites for hydroxylation is 2. The average Bonchev–Trinajstić information content (AvgIpc) is 2.94. The molecule has 0 radical (unpaired) electrons. The van der Waals surface area contributed by atoms with Crippen molar-refractivity contribution >= 4 is 11.8 Å². The number of ether oxygens (including phenoxy) is 1. The van der Waals surface area contributed by atoms with E-state index < -0.39 is 0 Å². The number of amides is 2. The van der Waals surface area contributed by atoms with Crippen molar-refractivity contribution in [2.45, 2.75) is 20.8 Å². The zero-order chi connectivity index (χ0) is 19.7. The first kappa shape index (κ1) is 19.0. The lowest BCUT2D eigenvalue weighted by molar-refractivity contribution is 0.0535. The highest BCUT2D eigenvalue weighted by Gasteiger charge is 2.27. The lowest BCUT2D eigenvalue weighted by Crippen LogP contribution is -2.50. The summed E-state index contributed by atoms with van der Waals surface area (Å²) in [6.07, 6.45) is 0. The molecule has 0 bridgehead atoms. The maximum atomic E-state index is 12.8. The summed E-state index contributed by atoms with van der Waals surface area (Å²) in [6.45, 7) is 8.07. The van der Waals surface area contributed by atoms with Crippen LogP contribution in [0.1, 0.15) is 37.7 Å². The number of methoxy groups -OCH3 is 1. The molecule has 1 aliphatic heterocycles. The van der Waals surface area contributed by atoms with E-state index in [1.54, 1.807) is 13.2 Å². The maximum absolute atomic E-state index is 12.8. The highest BCUT2D eigenvalue weighted by molar-refractivity contribution is 5.97. The Labute approximate surface area is 160 Å². The number of benzene rings is 1. The van der Waals surface area contributed by atoms with Crippen LogP contribution in [-0.4, -0.2) is 59.5 Å². The minimum absolute atomic E-state index is 0.000381. The molecule has 1 aliphatic rings. The zero-order valence-electron chi connectivity index (χ0n) is 16.7. The van der Waals surface area contributed by atoms with Gasteiger partial charge in [-0.15, -0.1) is 0 Å². The summed E-state index contributed by atoms with van der Waals surface area (Å²) in [4.78, 5) is 29.3. The number of nitrogens with zero attached hydrogens (tertiary/aromatic N) is 3. The predicted octanol–water partition coefficient (Wildman–Crippen LogP) is 2.56. The van der Waals surface area contributed by atoms with E-state index in [2.05, 4.69) is 0 Å². The number of carbonyl (C=O) groups excluding carboxylic acids is 2. The minimum Gasteiger partial charge on any atom is -0.496 e. The Morgan fingerprint density at radius 2 is 1.52 bits per heavy atom. The van der Waals surface area contributed by atoms with Crippen LogP contribution >= 0.6 is 0 Å². The smallest absolute Gasteiger partial charge is 0.255 e. The molecule has 1 saturated heterocycles. The van der Waals surface area contributed by atoms with Crippen LogP contribution in [0, 0.1) is 20.8 Å². The molecule has 0 spiro atoms. The van der Waals surface area contributed by atoms with Gasteiger partial charge in [0, 0.05) is 50.2 Å². The quantitative estimate of drug-likeness (QED) is 0.836. The van der Waals surface area contributed by atoms with Gasteiger partial charge in [0.15, 0.2) is 0 Å². The van der Waals surface area contributed by atoms with Gasteiger partial charge in [-0.2, -0.15) is 0 Å². The predicted molar refractivity (Wildman–Crippen MR) is 104 cm³/mol. The lowest BCUT2D eigenvalue weighted by atomic mass is 10.1. The molecule has 1 aromatic heterocycles. The molecule has 2 amide bonds. The molecule has 6 heteroatoms. The molecule has 27 heavy (non-hydrogen) atoms. The molecule has 144 valence electrons. The maximum Gasteiger partial charge on any atom is 0.255 e. The van der Waals surface area contributed by atoms with E-state index in [0.717, 1.165) is 28.3 Å². The number of hydrogen-bond donors (Lipinski definition) is 0. The summed E-state index contributed by atoms with van der Waals surface area (Å²) in [5.41, 5.74) is 4.39. The van der Waals surface area contributed by atoms with Gasteiger partial charge in [0.1, 0.15) is 5.75 Å². The summed E-state index contributed by atoms with van der Waals surface area (Å²) in [6, 6.07) is 7.41. The first-order chi connectivity index (χ1) is 12.8. The van der Waals surface area contributed by atoms with Gasteiger partial charge in [-0.05, 0) is 50.6 Å². The average molecular weight is 369 g/mol. The highest BCUT2D eigenvalue weighted by Crippen LogP contribution is 2.21. The number of aromatic nitrogens is 1. The van der Waals surface area contributed by atoms with Crippen molar-refractivity contribution in [2.24, 2.45) is 7.05 Å². The third-order valence-corrected chi connectivity index (χ3v) is 5.50. The van der Waals surface area contributed by atoms with Crippen LogP contribution < -0.4 is 4.74 Å². The van der Waals surface area contributed by atoms with Crippen molar-refractivity contribution in [3.05, 3.63) is 52.3 Å². The number of rotatable bonds is 3. The first-order valence-corrected chi connectivity index (χ1v) is 9.19. The fourth-order valence-corrected chi connectivity index (χ4v) is 3.55. The van der Waals surface area contributed by atoms with E-state index in [-0.39, 0.29) is 11.8 Å². The van der Waals surface area contributed by atoms with Crippen LogP contribution in [0.4, 0.5) is 0 Å². The van der Waals surface area contributed by atoms with Crippen LogP contribution in [0.5, 0.6) is 5.75 Å². The van der Waals surface area contributed by atoms with Gasteiger partial charge < -0.3 is 19.1 Å². The van der Waals surface area contributed by atoms with Crippen molar-refractivity contribution in [1.82, 2.24) is 14.4 Å². The molecule has 6 nitrogen and oxygen atoms in total. The SMILES string of the molecule is COc1ccc(C(=O)N2CCN(C(=O)c3cc(C)n(C)c3C)CC2)cc1C. The van der Waals surface area contributed by atoms with Crippen molar-refractivity contribution in [3.63, 3.8) is 0 Å². The van der Waals surface area contributed by atoms with Crippen LogP contribution in [0.3, 0.4) is 0 Å². The Kier molecular flexibility index (Phi) is 5.26. The zero-order valence-corrected chi connectivity index (χ0v) is 16.7. The topological polar surface area (TPSA) is 54.8 Å². The van der Waals surface area contributed by atoms with Crippen molar-refractivity contribution in [1.29, 1.82) is 0 Å². The van der Waals surface area contributed by atoms with Crippen LogP contribution in [0.25, 0.3) is 0 Å². The molecular formula is C21H27N3O3. The Morgan fingerprint density at radius 1 is 0.926 bits per heavy atom. The second-order valence-corrected chi connectivity index (χ2v) is 7.11. The molecule has 0 atom stereocenters. The minimum atomic E-state index is -0.000381. The third-order valence-electron chi connectivity index (χ3n) is 5.50. The van der Waals surface area contributed by atoms with Crippen LogP contribution in [0.2, 0.25) is 0 Å². The molecule has 1 aromatic carbocycles. The molecule has 3 rings (SSSR count). The summed E-state index contributed by atoms with van der Waals surface area (Å²) < 4.78 is 7.28. The third kappa shape index (κ3) is 3.56. The van der Waals surface area contributed by atoms with Gasteiger partial charge in [-0.3, -0.25) is 9.59 Å². The molecule has 1 fully saturated rings. The van der Waals surface area contributed by atoms with E-state index in [1.807, 2.05) is 60.4 Å². The number of hydrogen-bond acceptors (Lipinski definition) is 3. The molecule has 0 saturated carbocycles. The van der Waals surface area contributed by atoms with E-state index in [4.69, 9.17) is 4.74 Å². The first-order valence-electron chi connectivity index (χ1n) is 9.19. The largest absolute Gasteiger partial charge is 0.496 e. The van der Waals surface area contributed by atoms with Gasteiger partial charge in [-0.1, -0.05) is 0 Å². The molecule has 0 unspecified atom stereocenters. The van der Waals surface area contributed by atoms with Crippen molar-refractivity contribution < 1.29 is 14.3 Å². The van der Waals surface area contributed by atoms with Crippen molar-refractivity contribution in [2.75, 3.05) is 33.3 Å². The van der Waals surface area contributed by atoms with E-state index in [1.165, 1.54) is 0 Å². The molecule has 2 aromatic rings. The standard InChI is InChI=1S/C21H27N3O3/c1-14-12-17(6-7-19(14)27-5)20(25)23-8-10-24(11-9-23)21(26)18-13-15(2)22(4)16(18)3/h6-7,12-13H,8-11H2,1-5H3. The van der Waals surface area contributed by atoms with Gasteiger partial charge in [0.05, 0.1) is 12.7 Å². The van der Waals surface area contributed by atoms with Gasteiger partial charge in [0.25, 0.3) is 11.8 Å². The van der Waals surface area contributed by atoms with E-state index in [9.17, 15) is 9.59 Å². The Balaban J connectivity index is 1.66. The van der Waals surface area contributed by atoms with Crippen LogP contribution in [0.15, 0.2) is 24.3 Å². The van der Waals surface area contributed by atoms with Gasteiger partial charge in [0.2, 0.25) is 0 Å². The summed E-state index contributed by atoms with van der Waals surface area (Å²) in [7, 11) is 3.59. The molecular weight excluding hydrogens is 342 g/mol. The monoisotopic (exact) mass is 369 g/mol. The van der Waals surface area contributed by atoms with Gasteiger partial charge in [-0.25, -0.2) is 0 Å². The van der Waals surface area contributed by atoms with Crippen molar-refractivity contribution in [3.8, 4) is 5.75 Å². The van der Waals surface area contributed by atoms with E-state index in [0.29, 0.717) is 31.7 Å².